The number of ether oxygens (including phenoxy) is 1. The Morgan fingerprint density at radius 1 is 0.750 bits per heavy atom. The van der Waals surface area contributed by atoms with Gasteiger partial charge in [-0.05, 0) is 72.4 Å². The standard InChI is InChI=1S/C33H27NO8.2Na/c35-30(25-17-27(32(38)39)28(33(40)41)18-26(25)31(36)37)34(29-15-7-10-21-9-4-5-14-24(21)29)19-20-8-6-13-23(16-20)42-22-11-2-1-3-12-22;;/h1-6,8-9,11-14,16-18,29H,7,10,15,19H2,(H,36,37)(H,38,39)(H,40,41);;/q;2*+1/p-2. The molecule has 1 aliphatic rings. The molecule has 0 heterocycles. The van der Waals surface area contributed by atoms with Gasteiger partial charge in [-0.3, -0.25) is 4.79 Å². The fourth-order valence-corrected chi connectivity index (χ4v) is 5.35. The molecule has 0 saturated heterocycles. The van der Waals surface area contributed by atoms with Gasteiger partial charge in [0.25, 0.3) is 5.91 Å². The van der Waals surface area contributed by atoms with Crippen LogP contribution in [0.2, 0.25) is 0 Å². The summed E-state index contributed by atoms with van der Waals surface area (Å²) in [5.74, 6) is -4.98. The SMILES string of the molecule is O=C([O-])c1cc(C(=O)O)c(C(=O)N(Cc2cccc(Oc3ccccc3)c2)C2CCCc3ccccc32)cc1C(=O)[O-].[Na+].[Na+]. The number of benzene rings is 4. The third-order valence-electron chi connectivity index (χ3n) is 7.26. The first-order valence-electron chi connectivity index (χ1n) is 13.3. The number of carboxylic acid groups (broad SMARTS) is 3. The van der Waals surface area contributed by atoms with Crippen LogP contribution in [-0.2, 0) is 13.0 Å². The van der Waals surface area contributed by atoms with Gasteiger partial charge in [-0.2, -0.15) is 0 Å². The molecule has 4 aromatic carbocycles. The van der Waals surface area contributed by atoms with E-state index in [-0.39, 0.29) is 65.7 Å². The van der Waals surface area contributed by atoms with Crippen LogP contribution in [0.3, 0.4) is 0 Å². The molecule has 212 valence electrons. The van der Waals surface area contributed by atoms with E-state index < -0.39 is 52.1 Å². The van der Waals surface area contributed by atoms with Gasteiger partial charge in [0.1, 0.15) is 11.5 Å². The Morgan fingerprint density at radius 3 is 2.02 bits per heavy atom. The van der Waals surface area contributed by atoms with Gasteiger partial charge < -0.3 is 34.5 Å². The van der Waals surface area contributed by atoms with Gasteiger partial charge in [-0.15, -0.1) is 0 Å². The molecule has 0 bridgehead atoms. The topological polar surface area (TPSA) is 147 Å². The van der Waals surface area contributed by atoms with Crippen LogP contribution in [0, 0.1) is 0 Å². The van der Waals surface area contributed by atoms with Crippen LogP contribution in [0.5, 0.6) is 11.5 Å². The molecular weight excluding hydrogens is 584 g/mol. The van der Waals surface area contributed by atoms with E-state index in [1.165, 1.54) is 4.90 Å². The molecule has 11 heteroatoms. The molecule has 0 aromatic heterocycles. The number of hydrogen-bond acceptors (Lipinski definition) is 7. The van der Waals surface area contributed by atoms with E-state index in [0.29, 0.717) is 29.5 Å². The summed E-state index contributed by atoms with van der Waals surface area (Å²) in [7, 11) is 0. The predicted octanol–water partition coefficient (Wildman–Crippen LogP) is -2.37. The van der Waals surface area contributed by atoms with Gasteiger partial charge in [0, 0.05) is 17.7 Å². The number of hydrogen-bond donors (Lipinski definition) is 1. The average Bonchev–Trinajstić information content (AvgIpc) is 2.99. The van der Waals surface area contributed by atoms with Gasteiger partial charge in [-0.1, -0.05) is 54.6 Å². The van der Waals surface area contributed by atoms with Gasteiger partial charge in [-0.25, -0.2) is 4.79 Å². The van der Waals surface area contributed by atoms with Crippen molar-refractivity contribution in [3.8, 4) is 11.5 Å². The molecule has 5 rings (SSSR count). The molecule has 1 aliphatic carbocycles. The van der Waals surface area contributed by atoms with Crippen LogP contribution in [0.15, 0.2) is 91.0 Å². The van der Waals surface area contributed by atoms with Gasteiger partial charge in [0.15, 0.2) is 0 Å². The Hall–Kier alpha value is -3.44. The van der Waals surface area contributed by atoms with Crippen molar-refractivity contribution in [3.63, 3.8) is 0 Å². The maximum atomic E-state index is 14.3. The molecule has 1 unspecified atom stereocenters. The van der Waals surface area contributed by atoms with E-state index in [4.69, 9.17) is 4.74 Å². The minimum Gasteiger partial charge on any atom is -0.545 e. The number of carbonyl (C=O) groups is 4. The molecule has 1 N–H and O–H groups in total. The van der Waals surface area contributed by atoms with Gasteiger partial charge in [0.05, 0.1) is 29.1 Å². The van der Waals surface area contributed by atoms with E-state index in [1.807, 2.05) is 42.5 Å². The van der Waals surface area contributed by atoms with Crippen molar-refractivity contribution < 1.29 is 98.3 Å². The molecule has 0 saturated carbocycles. The van der Waals surface area contributed by atoms with E-state index >= 15 is 0 Å². The number of aromatic carboxylic acids is 3. The Kier molecular flexibility index (Phi) is 12.4. The third kappa shape index (κ3) is 7.79. The second kappa shape index (κ2) is 15.5. The fourth-order valence-electron chi connectivity index (χ4n) is 5.35. The molecule has 0 radical (unpaired) electrons. The molecule has 9 nitrogen and oxygen atoms in total. The summed E-state index contributed by atoms with van der Waals surface area (Å²) in [6.07, 6.45) is 2.16. The minimum atomic E-state index is -1.90. The van der Waals surface area contributed by atoms with Crippen LogP contribution < -0.4 is 74.1 Å². The fraction of sp³-hybridized carbons (Fsp3) is 0.152. The van der Waals surface area contributed by atoms with E-state index in [2.05, 4.69) is 0 Å². The van der Waals surface area contributed by atoms with Crippen molar-refractivity contribution in [2.75, 3.05) is 0 Å². The zero-order chi connectivity index (χ0) is 29.8. The minimum absolute atomic E-state index is 0. The molecule has 1 atom stereocenters. The normalized spacial score (nSPS) is 13.3. The maximum Gasteiger partial charge on any atom is 1.00 e. The molecule has 0 spiro atoms. The number of fused-ring (bicyclic) bond motifs is 1. The predicted molar refractivity (Wildman–Crippen MR) is 147 cm³/mol. The number of para-hydroxylation sites is 1. The van der Waals surface area contributed by atoms with E-state index in [0.717, 1.165) is 30.0 Å². The van der Waals surface area contributed by atoms with Crippen molar-refractivity contribution >= 4 is 23.8 Å². The first-order valence-corrected chi connectivity index (χ1v) is 13.3. The van der Waals surface area contributed by atoms with Crippen LogP contribution in [-0.4, -0.2) is 33.8 Å². The number of rotatable bonds is 9. The summed E-state index contributed by atoms with van der Waals surface area (Å²) in [5.41, 5.74) is -0.213. The number of nitrogens with zero attached hydrogens (tertiary/aromatic N) is 1. The van der Waals surface area contributed by atoms with Crippen molar-refractivity contribution in [1.82, 2.24) is 4.90 Å². The monoisotopic (exact) mass is 609 g/mol. The summed E-state index contributed by atoms with van der Waals surface area (Å²) >= 11 is 0. The van der Waals surface area contributed by atoms with Crippen molar-refractivity contribution in [3.05, 3.63) is 130 Å². The Balaban J connectivity index is 0.00000264. The largest absolute Gasteiger partial charge is 1.00 e. The number of carbonyl (C=O) groups excluding carboxylic acids is 3. The summed E-state index contributed by atoms with van der Waals surface area (Å²) in [6.45, 7) is 0.0335. The Labute approximate surface area is 298 Å². The van der Waals surface area contributed by atoms with Crippen LogP contribution in [0.4, 0.5) is 0 Å². The molecule has 4 aromatic rings. The summed E-state index contributed by atoms with van der Waals surface area (Å²) < 4.78 is 5.96. The zero-order valence-electron chi connectivity index (χ0n) is 24.3. The number of amides is 1. The molecule has 1 amide bonds. The first-order chi connectivity index (χ1) is 20.2. The smallest absolute Gasteiger partial charge is 0.545 e. The van der Waals surface area contributed by atoms with Crippen LogP contribution >= 0.6 is 0 Å². The number of carboxylic acids is 3. The van der Waals surface area contributed by atoms with E-state index in [1.54, 1.807) is 36.4 Å². The van der Waals surface area contributed by atoms with Gasteiger partial charge >= 0.3 is 65.1 Å². The third-order valence-corrected chi connectivity index (χ3v) is 7.26. The van der Waals surface area contributed by atoms with Crippen LogP contribution in [0.1, 0.15) is 77.0 Å². The molecule has 44 heavy (non-hydrogen) atoms. The summed E-state index contributed by atoms with van der Waals surface area (Å²) in [5, 5.41) is 33.3. The van der Waals surface area contributed by atoms with Crippen molar-refractivity contribution in [1.29, 1.82) is 0 Å². The Bertz CT molecular complexity index is 1690. The quantitative estimate of drug-likeness (QED) is 0.207. The Morgan fingerprint density at radius 2 is 1.36 bits per heavy atom. The second-order valence-corrected chi connectivity index (χ2v) is 9.93. The first kappa shape index (κ1) is 35.0. The summed E-state index contributed by atoms with van der Waals surface area (Å²) in [6, 6.07) is 24.9. The molecular formula is C33H25NNa2O8. The van der Waals surface area contributed by atoms with Crippen LogP contribution in [0.25, 0.3) is 0 Å². The molecule has 0 aliphatic heterocycles. The van der Waals surface area contributed by atoms with Crippen molar-refractivity contribution in [2.45, 2.75) is 31.8 Å². The average molecular weight is 610 g/mol. The van der Waals surface area contributed by atoms with Crippen molar-refractivity contribution in [2.24, 2.45) is 0 Å². The molecule has 0 fully saturated rings. The number of aryl methyl sites for hydroxylation is 1. The maximum absolute atomic E-state index is 14.3. The second-order valence-electron chi connectivity index (χ2n) is 9.93. The summed E-state index contributed by atoms with van der Waals surface area (Å²) in [4.78, 5) is 51.4. The zero-order valence-corrected chi connectivity index (χ0v) is 28.3. The van der Waals surface area contributed by atoms with E-state index in [9.17, 15) is 34.5 Å². The van der Waals surface area contributed by atoms with Gasteiger partial charge in [0.2, 0.25) is 0 Å².